The average Bonchev–Trinajstić information content (AvgIpc) is 2.85. The van der Waals surface area contributed by atoms with Gasteiger partial charge in [-0.3, -0.25) is 9.59 Å². The van der Waals surface area contributed by atoms with Crippen LogP contribution < -0.4 is 10.6 Å². The fourth-order valence-electron chi connectivity index (χ4n) is 2.67. The zero-order chi connectivity index (χ0) is 26.5. The Morgan fingerprint density at radius 1 is 0.889 bits per heavy atom. The number of rotatable bonds is 13. The number of hydrogen-bond donors (Lipinski definition) is 5. The minimum atomic E-state index is -0.566. The van der Waals surface area contributed by atoms with E-state index in [1.165, 1.54) is 45.9 Å². The number of nitroso groups, excluding NO2 is 1. The molecule has 2 aromatic carbocycles. The molecule has 2 aromatic rings. The van der Waals surface area contributed by atoms with Crippen molar-refractivity contribution in [2.75, 3.05) is 24.6 Å². The number of benzene rings is 2. The summed E-state index contributed by atoms with van der Waals surface area (Å²) in [6.07, 6.45) is 0.0677. The molecular formula is C21H21Br2N5O6S2. The van der Waals surface area contributed by atoms with Gasteiger partial charge in [-0.1, -0.05) is 32.8 Å². The van der Waals surface area contributed by atoms with Crippen LogP contribution in [0.5, 0.6) is 11.5 Å². The van der Waals surface area contributed by atoms with Crippen molar-refractivity contribution in [3.8, 4) is 11.5 Å². The lowest BCUT2D eigenvalue weighted by molar-refractivity contribution is -0.115. The third-order valence-electron chi connectivity index (χ3n) is 4.37. The Balaban J connectivity index is 1.68. The molecule has 0 atom stereocenters. The summed E-state index contributed by atoms with van der Waals surface area (Å²) in [5.74, 6) is 0.0757. The second-order valence-corrected chi connectivity index (χ2v) is 11.3. The first-order valence-corrected chi connectivity index (χ1v) is 14.2. The predicted octanol–water partition coefficient (Wildman–Crippen LogP) is 3.78. The number of phenolic OH excluding ortho intramolecular Hbond substituents is 2. The minimum Gasteiger partial charge on any atom is -0.507 e. The summed E-state index contributed by atoms with van der Waals surface area (Å²) in [6.45, 7) is 0.627. The van der Waals surface area contributed by atoms with Gasteiger partial charge in [-0.25, -0.2) is 0 Å². The quantitative estimate of drug-likeness (QED) is 0.0538. The summed E-state index contributed by atoms with van der Waals surface area (Å²) in [4.78, 5) is 35.2. The molecule has 2 rings (SSSR count). The normalized spacial score (nSPS) is 11.7. The summed E-state index contributed by atoms with van der Waals surface area (Å²) in [7, 11) is 2.94. The van der Waals surface area contributed by atoms with Crippen LogP contribution in [0.3, 0.4) is 0 Å². The van der Waals surface area contributed by atoms with Crippen molar-refractivity contribution in [3.05, 3.63) is 61.4 Å². The van der Waals surface area contributed by atoms with E-state index in [0.717, 1.165) is 0 Å². The van der Waals surface area contributed by atoms with Crippen LogP contribution in [0.1, 0.15) is 11.1 Å². The van der Waals surface area contributed by atoms with Crippen LogP contribution in [0.4, 0.5) is 0 Å². The molecule has 5 N–H and O–H groups in total. The van der Waals surface area contributed by atoms with Crippen molar-refractivity contribution in [2.45, 2.75) is 6.42 Å². The highest BCUT2D eigenvalue weighted by atomic mass is 79.9. The number of halogens is 2. The molecule has 0 bridgehead atoms. The lowest BCUT2D eigenvalue weighted by atomic mass is 10.1. The monoisotopic (exact) mass is 661 g/mol. The van der Waals surface area contributed by atoms with Crippen LogP contribution in [-0.2, 0) is 16.0 Å². The van der Waals surface area contributed by atoms with Crippen molar-refractivity contribution < 1.29 is 25.0 Å². The summed E-state index contributed by atoms with van der Waals surface area (Å²) >= 11 is 6.34. The molecule has 0 aliphatic rings. The molecule has 36 heavy (non-hydrogen) atoms. The van der Waals surface area contributed by atoms with Crippen LogP contribution in [-0.4, -0.2) is 63.3 Å². The maximum atomic E-state index is 12.3. The maximum absolute atomic E-state index is 12.3. The van der Waals surface area contributed by atoms with Gasteiger partial charge in [0.25, 0.3) is 11.8 Å². The van der Waals surface area contributed by atoms with Crippen molar-refractivity contribution >= 4 is 76.7 Å². The van der Waals surface area contributed by atoms with Crippen LogP contribution in [0.25, 0.3) is 0 Å². The standard InChI is InChI=1S/C21H21Br2N5O6S2/c22-14-9-12(1-3-17(14)29)10-16(26-28-34)20(31)24-5-7-35-36-8-6-25-21(32)19(27-33)13-2-4-18(30)15(23)11-13/h1-4,9,11,29-30,33H,5-8,10H2,(H,24,31)(H,25,32)/b26-16+,27-19+. The zero-order valence-corrected chi connectivity index (χ0v) is 23.3. The van der Waals surface area contributed by atoms with Gasteiger partial charge >= 0.3 is 0 Å². The van der Waals surface area contributed by atoms with Gasteiger partial charge in [0.2, 0.25) is 0 Å². The largest absolute Gasteiger partial charge is 0.507 e. The lowest BCUT2D eigenvalue weighted by Crippen LogP contribution is -2.34. The van der Waals surface area contributed by atoms with Crippen molar-refractivity contribution in [1.82, 2.24) is 10.6 Å². The summed E-state index contributed by atoms with van der Waals surface area (Å²) < 4.78 is 0.818. The summed E-state index contributed by atoms with van der Waals surface area (Å²) in [5, 5.41) is 42.5. The Morgan fingerprint density at radius 2 is 1.47 bits per heavy atom. The summed E-state index contributed by atoms with van der Waals surface area (Å²) in [5.41, 5.74) is 0.766. The van der Waals surface area contributed by atoms with E-state index >= 15 is 0 Å². The molecule has 0 heterocycles. The van der Waals surface area contributed by atoms with Gasteiger partial charge in [-0.2, -0.15) is 0 Å². The molecular weight excluding hydrogens is 642 g/mol. The number of carbonyl (C=O) groups is 2. The molecule has 0 radical (unpaired) electrons. The van der Waals surface area contributed by atoms with E-state index in [2.05, 4.69) is 58.0 Å². The smallest absolute Gasteiger partial charge is 0.273 e. The number of hydrogen-bond acceptors (Lipinski definition) is 10. The highest BCUT2D eigenvalue weighted by Crippen LogP contribution is 2.25. The first-order valence-electron chi connectivity index (χ1n) is 10.1. The van der Waals surface area contributed by atoms with Crippen molar-refractivity contribution in [2.24, 2.45) is 15.5 Å². The molecule has 15 heteroatoms. The molecule has 0 aliphatic carbocycles. The van der Waals surface area contributed by atoms with Crippen LogP contribution in [0.15, 0.2) is 60.9 Å². The van der Waals surface area contributed by atoms with Gasteiger partial charge < -0.3 is 26.1 Å². The molecule has 0 aliphatic heterocycles. The Morgan fingerprint density at radius 3 is 2.03 bits per heavy atom. The van der Waals surface area contributed by atoms with Gasteiger partial charge in [0.05, 0.1) is 14.2 Å². The van der Waals surface area contributed by atoms with Gasteiger partial charge in [0.15, 0.2) is 5.71 Å². The first-order chi connectivity index (χ1) is 17.3. The highest BCUT2D eigenvalue weighted by molar-refractivity contribution is 9.11. The Bertz CT molecular complexity index is 1170. The molecule has 0 saturated heterocycles. The van der Waals surface area contributed by atoms with E-state index in [4.69, 9.17) is 0 Å². The molecule has 192 valence electrons. The third kappa shape index (κ3) is 9.44. The number of aromatic hydroxyl groups is 2. The van der Waals surface area contributed by atoms with E-state index in [0.29, 0.717) is 44.7 Å². The number of oxime groups is 1. The fraction of sp³-hybridized carbons (Fsp3) is 0.238. The first kappa shape index (κ1) is 29.6. The molecule has 11 nitrogen and oxygen atoms in total. The van der Waals surface area contributed by atoms with Crippen molar-refractivity contribution in [3.63, 3.8) is 0 Å². The van der Waals surface area contributed by atoms with E-state index in [-0.39, 0.29) is 29.3 Å². The fourth-order valence-corrected chi connectivity index (χ4v) is 5.29. The van der Waals surface area contributed by atoms with E-state index in [1.807, 2.05) is 0 Å². The highest BCUT2D eigenvalue weighted by Gasteiger charge is 2.16. The van der Waals surface area contributed by atoms with Crippen LogP contribution in [0, 0.1) is 4.91 Å². The topological polar surface area (TPSA) is 173 Å². The minimum absolute atomic E-state index is 0.00411. The SMILES string of the molecule is O=N/N=C(\Cc1ccc(O)c(Br)c1)C(=O)NCCSSCCNC(=O)/C(=N/O)c1ccc(O)c(Br)c1. The average molecular weight is 663 g/mol. The van der Waals surface area contributed by atoms with Gasteiger partial charge in [-0.15, -0.1) is 10.0 Å². The molecule has 2 amide bonds. The van der Waals surface area contributed by atoms with Crippen LogP contribution >= 0.6 is 53.4 Å². The molecule has 0 fully saturated rings. The Kier molecular flexibility index (Phi) is 12.7. The number of phenols is 2. The Hall–Kier alpha value is -2.62. The molecule has 0 aromatic heterocycles. The number of amides is 2. The third-order valence-corrected chi connectivity index (χ3v) is 8.05. The van der Waals surface area contributed by atoms with Gasteiger partial charge in [0.1, 0.15) is 17.2 Å². The van der Waals surface area contributed by atoms with Crippen LogP contribution in [0.2, 0.25) is 0 Å². The molecule has 0 spiro atoms. The van der Waals surface area contributed by atoms with E-state index in [9.17, 15) is 29.9 Å². The second-order valence-electron chi connectivity index (χ2n) is 6.86. The Labute approximate surface area is 230 Å². The molecule has 0 unspecified atom stereocenters. The summed E-state index contributed by atoms with van der Waals surface area (Å²) in [6, 6.07) is 8.99. The second kappa shape index (κ2) is 15.5. The lowest BCUT2D eigenvalue weighted by Gasteiger charge is -2.09. The predicted molar refractivity (Wildman–Crippen MR) is 148 cm³/mol. The molecule has 0 saturated carbocycles. The van der Waals surface area contributed by atoms with Gasteiger partial charge in [0, 0.05) is 36.6 Å². The zero-order valence-electron chi connectivity index (χ0n) is 18.5. The maximum Gasteiger partial charge on any atom is 0.273 e. The number of carbonyl (C=O) groups excluding carboxylic acids is 2. The van der Waals surface area contributed by atoms with E-state index < -0.39 is 11.8 Å². The number of nitrogens with one attached hydrogen (secondary N) is 2. The van der Waals surface area contributed by atoms with Gasteiger partial charge in [-0.05, 0) is 67.8 Å². The van der Waals surface area contributed by atoms with Crippen molar-refractivity contribution in [1.29, 1.82) is 0 Å². The number of nitrogens with zero attached hydrogens (tertiary/aromatic N) is 3. The van der Waals surface area contributed by atoms with E-state index in [1.54, 1.807) is 12.1 Å².